The first kappa shape index (κ1) is 16.6. The molecule has 0 saturated carbocycles. The number of rotatable bonds is 1. The van der Waals surface area contributed by atoms with E-state index >= 15 is 0 Å². The molecule has 1 amide bonds. The Morgan fingerprint density at radius 2 is 1.71 bits per heavy atom. The van der Waals surface area contributed by atoms with E-state index in [9.17, 15) is 4.79 Å². The Hall–Kier alpha value is -0.770. The van der Waals surface area contributed by atoms with Crippen molar-refractivity contribution in [3.8, 4) is 0 Å². The van der Waals surface area contributed by atoms with E-state index in [-0.39, 0.29) is 11.6 Å². The van der Waals surface area contributed by atoms with Gasteiger partial charge in [-0.25, -0.2) is 4.79 Å². The zero-order valence-electron chi connectivity index (χ0n) is 14.4. The summed E-state index contributed by atoms with van der Waals surface area (Å²) < 4.78 is 5.57. The van der Waals surface area contributed by atoms with Gasteiger partial charge in [0.2, 0.25) is 0 Å². The number of likely N-dealkylation sites (tertiary alicyclic amines) is 2. The van der Waals surface area contributed by atoms with Crippen molar-refractivity contribution in [3.63, 3.8) is 0 Å². The summed E-state index contributed by atoms with van der Waals surface area (Å²) in [5.74, 6) is 0. The van der Waals surface area contributed by atoms with Crippen molar-refractivity contribution >= 4 is 6.09 Å². The Balaban J connectivity index is 1.97. The average Bonchev–Trinajstić information content (AvgIpc) is 2.36. The van der Waals surface area contributed by atoms with Crippen molar-refractivity contribution in [1.82, 2.24) is 9.80 Å². The van der Waals surface area contributed by atoms with Crippen molar-refractivity contribution in [3.05, 3.63) is 0 Å². The predicted octanol–water partition coefficient (Wildman–Crippen LogP) is 3.65. The van der Waals surface area contributed by atoms with Crippen LogP contribution in [0.2, 0.25) is 0 Å². The third kappa shape index (κ3) is 4.35. The highest BCUT2D eigenvalue weighted by Gasteiger charge is 2.41. The van der Waals surface area contributed by atoms with Crippen LogP contribution < -0.4 is 0 Å². The number of ether oxygens (including phenoxy) is 1. The van der Waals surface area contributed by atoms with Gasteiger partial charge in [0, 0.05) is 18.1 Å². The van der Waals surface area contributed by atoms with Gasteiger partial charge in [-0.05, 0) is 73.4 Å². The van der Waals surface area contributed by atoms with Gasteiger partial charge in [0.1, 0.15) is 5.60 Å². The van der Waals surface area contributed by atoms with E-state index < -0.39 is 5.60 Å². The number of hydrogen-bond donors (Lipinski definition) is 0. The molecule has 2 aliphatic heterocycles. The Morgan fingerprint density at radius 1 is 1.10 bits per heavy atom. The van der Waals surface area contributed by atoms with E-state index in [0.717, 1.165) is 19.4 Å². The minimum absolute atomic E-state index is 0.122. The van der Waals surface area contributed by atoms with E-state index in [0.29, 0.717) is 6.04 Å². The van der Waals surface area contributed by atoms with Crippen molar-refractivity contribution in [2.45, 2.75) is 83.9 Å². The van der Waals surface area contributed by atoms with Gasteiger partial charge < -0.3 is 14.5 Å². The fraction of sp³-hybridized carbons (Fsp3) is 0.941. The van der Waals surface area contributed by atoms with E-state index in [2.05, 4.69) is 18.7 Å². The molecule has 1 atom stereocenters. The maximum absolute atomic E-state index is 12.4. The maximum Gasteiger partial charge on any atom is 0.410 e. The first-order chi connectivity index (χ1) is 9.69. The Labute approximate surface area is 129 Å². The van der Waals surface area contributed by atoms with Crippen LogP contribution in [0, 0.1) is 0 Å². The third-order valence-electron chi connectivity index (χ3n) is 4.67. The molecule has 2 aliphatic rings. The molecule has 0 aromatic rings. The lowest BCUT2D eigenvalue weighted by molar-refractivity contribution is -0.0243. The summed E-state index contributed by atoms with van der Waals surface area (Å²) in [5.41, 5.74) is -0.542. The van der Waals surface area contributed by atoms with E-state index in [1.54, 1.807) is 0 Å². The number of carbonyl (C=O) groups excluding carboxylic acids is 1. The SMILES string of the molecule is CC(C)(C)OC(=O)N1CCC(N2CCCCC2)CC1(C)C. The Bertz CT molecular complexity index is 367. The monoisotopic (exact) mass is 296 g/mol. The summed E-state index contributed by atoms with van der Waals surface area (Å²) in [5, 5.41) is 0. The lowest BCUT2D eigenvalue weighted by Gasteiger charge is -2.49. The van der Waals surface area contributed by atoms with Gasteiger partial charge in [-0.15, -0.1) is 0 Å². The molecule has 0 aromatic carbocycles. The Morgan fingerprint density at radius 3 is 2.24 bits per heavy atom. The summed E-state index contributed by atoms with van der Waals surface area (Å²) in [6.45, 7) is 13.4. The maximum atomic E-state index is 12.4. The van der Waals surface area contributed by atoms with Crippen LogP contribution in [0.4, 0.5) is 4.79 Å². The molecule has 2 fully saturated rings. The summed E-state index contributed by atoms with van der Waals surface area (Å²) in [7, 11) is 0. The molecule has 0 aromatic heterocycles. The molecule has 4 nitrogen and oxygen atoms in total. The van der Waals surface area contributed by atoms with E-state index in [1.165, 1.54) is 32.4 Å². The lowest BCUT2D eigenvalue weighted by atomic mass is 9.86. The van der Waals surface area contributed by atoms with Crippen molar-refractivity contribution < 1.29 is 9.53 Å². The number of hydrogen-bond acceptors (Lipinski definition) is 3. The summed E-state index contributed by atoms with van der Waals surface area (Å²) >= 11 is 0. The van der Waals surface area contributed by atoms with Gasteiger partial charge in [0.15, 0.2) is 0 Å². The summed E-state index contributed by atoms with van der Waals surface area (Å²) in [6, 6.07) is 0.624. The van der Waals surface area contributed by atoms with Crippen LogP contribution in [0.15, 0.2) is 0 Å². The van der Waals surface area contributed by atoms with Crippen LogP contribution in [0.3, 0.4) is 0 Å². The van der Waals surface area contributed by atoms with Gasteiger partial charge in [-0.1, -0.05) is 6.42 Å². The normalized spacial score (nSPS) is 27.5. The van der Waals surface area contributed by atoms with Crippen LogP contribution >= 0.6 is 0 Å². The zero-order valence-corrected chi connectivity index (χ0v) is 14.4. The van der Waals surface area contributed by atoms with Gasteiger partial charge in [-0.2, -0.15) is 0 Å². The largest absolute Gasteiger partial charge is 0.444 e. The molecule has 0 bridgehead atoms. The average molecular weight is 296 g/mol. The molecule has 122 valence electrons. The van der Waals surface area contributed by atoms with E-state index in [4.69, 9.17) is 4.74 Å². The van der Waals surface area contributed by atoms with Crippen molar-refractivity contribution in [2.75, 3.05) is 19.6 Å². The zero-order chi connectivity index (χ0) is 15.7. The van der Waals surface area contributed by atoms with Crippen LogP contribution in [-0.4, -0.2) is 52.7 Å². The van der Waals surface area contributed by atoms with Crippen LogP contribution in [0.1, 0.15) is 66.7 Å². The number of piperidine rings is 2. The molecule has 4 heteroatoms. The van der Waals surface area contributed by atoms with Crippen LogP contribution in [0.25, 0.3) is 0 Å². The molecule has 2 heterocycles. The van der Waals surface area contributed by atoms with Gasteiger partial charge in [0.05, 0.1) is 0 Å². The molecule has 0 radical (unpaired) electrons. The quantitative estimate of drug-likeness (QED) is 0.740. The fourth-order valence-electron chi connectivity index (χ4n) is 3.62. The minimum atomic E-state index is -0.420. The third-order valence-corrected chi connectivity index (χ3v) is 4.67. The molecule has 2 saturated heterocycles. The molecule has 1 unspecified atom stereocenters. The minimum Gasteiger partial charge on any atom is -0.444 e. The highest BCUT2D eigenvalue weighted by molar-refractivity contribution is 5.69. The standard InChI is InChI=1S/C17H32N2O2/c1-16(2,3)21-15(20)19-12-9-14(13-17(19,4)5)18-10-7-6-8-11-18/h14H,6-13H2,1-5H3. The number of amides is 1. The van der Waals surface area contributed by atoms with E-state index in [1.807, 2.05) is 25.7 Å². The predicted molar refractivity (Wildman–Crippen MR) is 85.5 cm³/mol. The second kappa shape index (κ2) is 6.15. The molecule has 0 aliphatic carbocycles. The van der Waals surface area contributed by atoms with Crippen LogP contribution in [0.5, 0.6) is 0 Å². The lowest BCUT2D eigenvalue weighted by Crippen LogP contribution is -2.58. The Kier molecular flexibility index (Phi) is 4.86. The number of nitrogens with zero attached hydrogens (tertiary/aromatic N) is 2. The molecular formula is C17H32N2O2. The first-order valence-corrected chi connectivity index (χ1v) is 8.44. The number of carbonyl (C=O) groups is 1. The molecule has 0 N–H and O–H groups in total. The summed E-state index contributed by atoms with van der Waals surface area (Å²) in [4.78, 5) is 17.0. The van der Waals surface area contributed by atoms with Gasteiger partial charge in [-0.3, -0.25) is 0 Å². The first-order valence-electron chi connectivity index (χ1n) is 8.44. The highest BCUT2D eigenvalue weighted by atomic mass is 16.6. The second-order valence-corrected chi connectivity index (χ2v) is 8.19. The molecule has 21 heavy (non-hydrogen) atoms. The van der Waals surface area contributed by atoms with Crippen LogP contribution in [-0.2, 0) is 4.74 Å². The van der Waals surface area contributed by atoms with Gasteiger partial charge >= 0.3 is 6.09 Å². The fourth-order valence-corrected chi connectivity index (χ4v) is 3.62. The smallest absolute Gasteiger partial charge is 0.410 e. The molecule has 0 spiro atoms. The van der Waals surface area contributed by atoms with Gasteiger partial charge in [0.25, 0.3) is 0 Å². The molecule has 2 rings (SSSR count). The van der Waals surface area contributed by atoms with Crippen molar-refractivity contribution in [2.24, 2.45) is 0 Å². The second-order valence-electron chi connectivity index (χ2n) is 8.19. The summed E-state index contributed by atoms with van der Waals surface area (Å²) in [6.07, 6.45) is 5.98. The molecular weight excluding hydrogens is 264 g/mol. The van der Waals surface area contributed by atoms with Crippen molar-refractivity contribution in [1.29, 1.82) is 0 Å². The topological polar surface area (TPSA) is 32.8 Å². The highest BCUT2D eigenvalue weighted by Crippen LogP contribution is 2.32.